The molecule has 2 aromatic carbocycles. The van der Waals surface area contributed by atoms with Crippen molar-refractivity contribution >= 4 is 47.2 Å². The number of nitrogens with one attached hydrogen (secondary N) is 2. The molecule has 168 valence electrons. The van der Waals surface area contributed by atoms with E-state index in [-0.39, 0.29) is 35.8 Å². The Morgan fingerprint density at radius 2 is 1.71 bits per heavy atom. The van der Waals surface area contributed by atoms with Crippen molar-refractivity contribution in [3.8, 4) is 5.75 Å². The van der Waals surface area contributed by atoms with E-state index in [9.17, 15) is 9.90 Å². The van der Waals surface area contributed by atoms with Crippen LogP contribution in [0.25, 0.3) is 0 Å². The number of phenols is 1. The molecule has 1 aliphatic rings. The van der Waals surface area contributed by atoms with E-state index in [1.165, 1.54) is 0 Å². The van der Waals surface area contributed by atoms with Gasteiger partial charge >= 0.3 is 0 Å². The van der Waals surface area contributed by atoms with Gasteiger partial charge in [0.25, 0.3) is 0 Å². The predicted octanol–water partition coefficient (Wildman–Crippen LogP) is 3.50. The second-order valence-corrected chi connectivity index (χ2v) is 7.70. The molecule has 31 heavy (non-hydrogen) atoms. The summed E-state index contributed by atoms with van der Waals surface area (Å²) < 4.78 is 0. The van der Waals surface area contributed by atoms with Crippen molar-refractivity contribution in [3.63, 3.8) is 0 Å². The second kappa shape index (κ2) is 11.8. The Balaban J connectivity index is 0.00000341. The molecule has 2 aromatic rings. The van der Waals surface area contributed by atoms with Crippen LogP contribution in [0.1, 0.15) is 19.4 Å². The number of benzene rings is 2. The highest BCUT2D eigenvalue weighted by Crippen LogP contribution is 2.27. The van der Waals surface area contributed by atoms with E-state index in [4.69, 9.17) is 0 Å². The van der Waals surface area contributed by atoms with Crippen LogP contribution in [0.2, 0.25) is 0 Å². The first-order valence-electron chi connectivity index (χ1n) is 10.4. The third kappa shape index (κ3) is 6.75. The van der Waals surface area contributed by atoms with Gasteiger partial charge in [0.15, 0.2) is 5.96 Å². The molecule has 0 unspecified atom stereocenters. The number of nitrogens with zero attached hydrogens (tertiary/aromatic N) is 3. The Kier molecular flexibility index (Phi) is 9.42. The Labute approximate surface area is 201 Å². The molecule has 0 radical (unpaired) electrons. The van der Waals surface area contributed by atoms with Gasteiger partial charge in [0.05, 0.1) is 5.69 Å². The minimum atomic E-state index is -0.0407. The number of phenolic OH excluding ortho intramolecular Hbond substituents is 1. The standard InChI is InChI=1S/C23H31N5O2.HI/c1-17(2)22(30)26-19-10-8-18(9-11-19)16-25-23(24-3)28-14-12-27(13-15-28)20-6-4-5-7-21(20)29;/h4-11,17,29H,12-16H2,1-3H3,(H,24,25)(H,26,30);1H. The number of rotatable bonds is 5. The Morgan fingerprint density at radius 3 is 2.29 bits per heavy atom. The van der Waals surface area contributed by atoms with Crippen molar-refractivity contribution in [2.24, 2.45) is 10.9 Å². The van der Waals surface area contributed by atoms with Crippen molar-refractivity contribution in [1.82, 2.24) is 10.2 Å². The number of halogens is 1. The lowest BCUT2D eigenvalue weighted by molar-refractivity contribution is -0.118. The molecule has 3 rings (SSSR count). The van der Waals surface area contributed by atoms with Gasteiger partial charge in [0.2, 0.25) is 5.91 Å². The third-order valence-electron chi connectivity index (χ3n) is 5.21. The van der Waals surface area contributed by atoms with E-state index in [1.807, 2.05) is 56.3 Å². The summed E-state index contributed by atoms with van der Waals surface area (Å²) in [4.78, 5) is 20.6. The van der Waals surface area contributed by atoms with Gasteiger partial charge < -0.3 is 25.5 Å². The van der Waals surface area contributed by atoms with Crippen LogP contribution >= 0.6 is 24.0 Å². The quantitative estimate of drug-likeness (QED) is 0.309. The van der Waals surface area contributed by atoms with Crippen molar-refractivity contribution in [2.75, 3.05) is 43.4 Å². The van der Waals surface area contributed by atoms with Gasteiger partial charge in [0, 0.05) is 51.4 Å². The van der Waals surface area contributed by atoms with Crippen molar-refractivity contribution in [1.29, 1.82) is 0 Å². The minimum absolute atomic E-state index is 0. The third-order valence-corrected chi connectivity index (χ3v) is 5.21. The maximum Gasteiger partial charge on any atom is 0.226 e. The summed E-state index contributed by atoms with van der Waals surface area (Å²) in [5.74, 6) is 1.16. The molecule has 1 saturated heterocycles. The number of aliphatic imine (C=N–C) groups is 1. The van der Waals surface area contributed by atoms with Gasteiger partial charge in [-0.25, -0.2) is 0 Å². The highest BCUT2D eigenvalue weighted by Gasteiger charge is 2.21. The van der Waals surface area contributed by atoms with Crippen LogP contribution in [-0.2, 0) is 11.3 Å². The van der Waals surface area contributed by atoms with E-state index in [0.29, 0.717) is 12.3 Å². The average molecular weight is 537 g/mol. The van der Waals surface area contributed by atoms with E-state index in [0.717, 1.165) is 49.1 Å². The lowest BCUT2D eigenvalue weighted by Gasteiger charge is -2.37. The van der Waals surface area contributed by atoms with Crippen LogP contribution in [0.3, 0.4) is 0 Å². The molecule has 0 saturated carbocycles. The smallest absolute Gasteiger partial charge is 0.226 e. The molecule has 1 fully saturated rings. The van der Waals surface area contributed by atoms with Gasteiger partial charge in [-0.3, -0.25) is 9.79 Å². The number of hydrogen-bond donors (Lipinski definition) is 3. The summed E-state index contributed by atoms with van der Waals surface area (Å²) in [6, 6.07) is 15.3. The number of carbonyl (C=O) groups excluding carboxylic acids is 1. The predicted molar refractivity (Wildman–Crippen MR) is 137 cm³/mol. The number of piperazine rings is 1. The molecule has 0 aliphatic carbocycles. The van der Waals surface area contributed by atoms with Gasteiger partial charge in [-0.2, -0.15) is 0 Å². The van der Waals surface area contributed by atoms with Crippen LogP contribution in [0.4, 0.5) is 11.4 Å². The fraction of sp³-hybridized carbons (Fsp3) is 0.391. The number of anilines is 2. The normalized spacial score (nSPS) is 14.3. The highest BCUT2D eigenvalue weighted by molar-refractivity contribution is 14.0. The van der Waals surface area contributed by atoms with E-state index < -0.39 is 0 Å². The molecule has 0 aromatic heterocycles. The van der Waals surface area contributed by atoms with Crippen LogP contribution < -0.4 is 15.5 Å². The average Bonchev–Trinajstić information content (AvgIpc) is 2.76. The van der Waals surface area contributed by atoms with Crippen LogP contribution in [0.15, 0.2) is 53.5 Å². The zero-order chi connectivity index (χ0) is 21.5. The number of carbonyl (C=O) groups is 1. The molecule has 0 atom stereocenters. The first-order chi connectivity index (χ1) is 14.5. The van der Waals surface area contributed by atoms with Crippen LogP contribution in [0.5, 0.6) is 5.75 Å². The fourth-order valence-corrected chi connectivity index (χ4v) is 3.40. The summed E-state index contributed by atoms with van der Waals surface area (Å²) in [5.41, 5.74) is 2.80. The van der Waals surface area contributed by atoms with Crippen molar-refractivity contribution in [2.45, 2.75) is 20.4 Å². The molecule has 1 aliphatic heterocycles. The summed E-state index contributed by atoms with van der Waals surface area (Å²) in [7, 11) is 1.79. The largest absolute Gasteiger partial charge is 0.506 e. The molecule has 7 nitrogen and oxygen atoms in total. The molecule has 0 bridgehead atoms. The zero-order valence-electron chi connectivity index (χ0n) is 18.3. The van der Waals surface area contributed by atoms with Crippen LogP contribution in [0, 0.1) is 5.92 Å². The SMILES string of the molecule is CN=C(NCc1ccc(NC(=O)C(C)C)cc1)N1CCN(c2ccccc2O)CC1.I. The number of guanidine groups is 1. The lowest BCUT2D eigenvalue weighted by atomic mass is 10.1. The molecular formula is C23H32IN5O2. The molecule has 1 amide bonds. The molecule has 1 heterocycles. The molecular weight excluding hydrogens is 505 g/mol. The van der Waals surface area contributed by atoms with Gasteiger partial charge in [0.1, 0.15) is 5.75 Å². The monoisotopic (exact) mass is 537 g/mol. The van der Waals surface area contributed by atoms with Crippen LogP contribution in [-0.4, -0.2) is 55.1 Å². The Bertz CT molecular complexity index is 878. The van der Waals surface area contributed by atoms with Gasteiger partial charge in [-0.05, 0) is 29.8 Å². The van der Waals surface area contributed by atoms with Crippen molar-refractivity contribution < 1.29 is 9.90 Å². The number of para-hydroxylation sites is 2. The summed E-state index contributed by atoms with van der Waals surface area (Å²) >= 11 is 0. The lowest BCUT2D eigenvalue weighted by Crippen LogP contribution is -2.52. The van der Waals surface area contributed by atoms with Gasteiger partial charge in [-0.15, -0.1) is 24.0 Å². The first-order valence-corrected chi connectivity index (χ1v) is 10.4. The summed E-state index contributed by atoms with van der Waals surface area (Å²) in [6.07, 6.45) is 0. The highest BCUT2D eigenvalue weighted by atomic mass is 127. The second-order valence-electron chi connectivity index (χ2n) is 7.70. The van der Waals surface area contributed by atoms with E-state index in [2.05, 4.69) is 25.4 Å². The fourth-order valence-electron chi connectivity index (χ4n) is 3.40. The molecule has 8 heteroatoms. The molecule has 0 spiro atoms. The van der Waals surface area contributed by atoms with Gasteiger partial charge in [-0.1, -0.05) is 38.1 Å². The number of amides is 1. The number of hydrogen-bond acceptors (Lipinski definition) is 4. The molecule has 3 N–H and O–H groups in total. The Hall–Kier alpha value is -2.49. The summed E-state index contributed by atoms with van der Waals surface area (Å²) in [6.45, 7) is 7.71. The maximum atomic E-state index is 11.8. The number of aromatic hydroxyl groups is 1. The minimum Gasteiger partial charge on any atom is -0.506 e. The maximum absolute atomic E-state index is 11.8. The van der Waals surface area contributed by atoms with E-state index >= 15 is 0 Å². The topological polar surface area (TPSA) is 80.2 Å². The first kappa shape index (κ1) is 24.8. The zero-order valence-corrected chi connectivity index (χ0v) is 20.7. The summed E-state index contributed by atoms with van der Waals surface area (Å²) in [5, 5.41) is 16.4. The Morgan fingerprint density at radius 1 is 1.06 bits per heavy atom. The van der Waals surface area contributed by atoms with E-state index in [1.54, 1.807) is 13.1 Å². The van der Waals surface area contributed by atoms with Crippen molar-refractivity contribution in [3.05, 3.63) is 54.1 Å².